The molecule has 5 rings (SSSR count). The van der Waals surface area contributed by atoms with Crippen molar-refractivity contribution in [2.75, 3.05) is 45.1 Å². The number of Topliss-reactive ketones (excluding diaryl/α,β-unsaturated/α-hetero) is 1. The van der Waals surface area contributed by atoms with Crippen molar-refractivity contribution in [1.82, 2.24) is 14.7 Å². The first-order valence-corrected chi connectivity index (χ1v) is 14.4. The van der Waals surface area contributed by atoms with Crippen molar-refractivity contribution in [3.05, 3.63) is 16.0 Å². The Morgan fingerprint density at radius 3 is 2.62 bits per heavy atom. The summed E-state index contributed by atoms with van der Waals surface area (Å²) in [5.74, 6) is -0.0635. The fourth-order valence-corrected chi connectivity index (χ4v) is 8.09. The third-order valence-electron chi connectivity index (χ3n) is 8.78. The number of amides is 2. The summed E-state index contributed by atoms with van der Waals surface area (Å²) in [6, 6.07) is 0.478. The van der Waals surface area contributed by atoms with E-state index in [1.54, 1.807) is 0 Å². The molecular weight excluding hydrogens is 492 g/mol. The molecule has 10 heteroatoms. The number of nitrogen functional groups attached to an aromatic ring is 1. The van der Waals surface area contributed by atoms with Gasteiger partial charge in [-0.2, -0.15) is 0 Å². The van der Waals surface area contributed by atoms with Crippen LogP contribution in [-0.4, -0.2) is 89.7 Å². The molecule has 3 saturated heterocycles. The SMILES string of the molecule is CC(=O)OCCN1C(=O)C2(CCCN(C3CCN(C(=O)c4c(N)sc5c4CCCC5=O)CC3)C2)CC1C. The molecule has 1 aromatic heterocycles. The maximum Gasteiger partial charge on any atom is 0.302 e. The van der Waals surface area contributed by atoms with E-state index in [2.05, 4.69) is 11.8 Å². The Balaban J connectivity index is 1.20. The second-order valence-electron chi connectivity index (χ2n) is 11.2. The number of piperidine rings is 2. The number of ketones is 1. The third-order valence-corrected chi connectivity index (χ3v) is 9.88. The summed E-state index contributed by atoms with van der Waals surface area (Å²) >= 11 is 1.27. The molecule has 1 spiro atoms. The van der Waals surface area contributed by atoms with Gasteiger partial charge in [0.15, 0.2) is 5.78 Å². The second kappa shape index (κ2) is 10.4. The van der Waals surface area contributed by atoms with Crippen LogP contribution in [0.25, 0.3) is 0 Å². The molecule has 0 bridgehead atoms. The third kappa shape index (κ3) is 4.90. The van der Waals surface area contributed by atoms with Crippen LogP contribution < -0.4 is 5.73 Å². The van der Waals surface area contributed by atoms with Gasteiger partial charge in [-0.3, -0.25) is 24.1 Å². The van der Waals surface area contributed by atoms with Gasteiger partial charge in [0, 0.05) is 45.1 Å². The fourth-order valence-electron chi connectivity index (χ4n) is 7.01. The predicted molar refractivity (Wildman–Crippen MR) is 141 cm³/mol. The lowest BCUT2D eigenvalue weighted by Crippen LogP contribution is -2.54. The van der Waals surface area contributed by atoms with Crippen LogP contribution in [0.5, 0.6) is 0 Å². The number of nitrogens with two attached hydrogens (primary N) is 1. The van der Waals surface area contributed by atoms with E-state index in [-0.39, 0.29) is 41.6 Å². The number of carbonyl (C=O) groups is 4. The Bertz CT molecular complexity index is 1090. The van der Waals surface area contributed by atoms with E-state index in [4.69, 9.17) is 10.5 Å². The van der Waals surface area contributed by atoms with Crippen molar-refractivity contribution in [2.45, 2.75) is 77.3 Å². The lowest BCUT2D eigenvalue weighted by molar-refractivity contribution is -0.146. The summed E-state index contributed by atoms with van der Waals surface area (Å²) < 4.78 is 5.09. The normalized spacial score (nSPS) is 27.1. The van der Waals surface area contributed by atoms with Crippen molar-refractivity contribution in [3.63, 3.8) is 0 Å². The van der Waals surface area contributed by atoms with Crippen molar-refractivity contribution in [3.8, 4) is 0 Å². The number of hydrogen-bond acceptors (Lipinski definition) is 8. The molecule has 9 nitrogen and oxygen atoms in total. The van der Waals surface area contributed by atoms with Crippen LogP contribution in [0.3, 0.4) is 0 Å². The van der Waals surface area contributed by atoms with Gasteiger partial charge in [-0.05, 0) is 64.0 Å². The molecule has 2 atom stereocenters. The zero-order valence-corrected chi connectivity index (χ0v) is 22.7. The first kappa shape index (κ1) is 26.2. The zero-order valence-electron chi connectivity index (χ0n) is 21.9. The summed E-state index contributed by atoms with van der Waals surface area (Å²) in [5.41, 5.74) is 7.28. The van der Waals surface area contributed by atoms with Gasteiger partial charge in [0.05, 0.1) is 27.4 Å². The summed E-state index contributed by atoms with van der Waals surface area (Å²) in [6.07, 6.45) is 6.51. The van der Waals surface area contributed by atoms with Gasteiger partial charge in [0.2, 0.25) is 5.91 Å². The number of anilines is 1. The predicted octanol–water partition coefficient (Wildman–Crippen LogP) is 2.72. The standard InChI is InChI=1S/C27H38N4O5S/c1-17-15-27(26(35)31(17)13-14-36-18(2)32)9-4-10-30(16-27)19-7-11-29(12-8-19)25(34)22-20-5-3-6-21(33)23(20)37-24(22)28/h17,19H,3-16,28H2,1-2H3. The van der Waals surface area contributed by atoms with Crippen LogP contribution in [0.4, 0.5) is 5.00 Å². The molecule has 0 radical (unpaired) electrons. The topological polar surface area (TPSA) is 113 Å². The van der Waals surface area contributed by atoms with E-state index >= 15 is 0 Å². The lowest BCUT2D eigenvalue weighted by atomic mass is 9.76. The molecule has 0 saturated carbocycles. The molecule has 1 aliphatic carbocycles. The largest absolute Gasteiger partial charge is 0.464 e. The molecule has 3 aliphatic heterocycles. The quantitative estimate of drug-likeness (QED) is 0.583. The Labute approximate surface area is 222 Å². The molecule has 2 unspecified atom stereocenters. The molecule has 4 aliphatic rings. The van der Waals surface area contributed by atoms with Gasteiger partial charge in [-0.1, -0.05) is 0 Å². The Morgan fingerprint density at radius 1 is 1.14 bits per heavy atom. The number of carbonyl (C=O) groups excluding carboxylic acids is 4. The molecule has 3 fully saturated rings. The molecule has 0 aromatic carbocycles. The number of ether oxygens (including phenoxy) is 1. The van der Waals surface area contributed by atoms with Gasteiger partial charge in [-0.15, -0.1) is 11.3 Å². The molecule has 37 heavy (non-hydrogen) atoms. The number of thiophene rings is 1. The van der Waals surface area contributed by atoms with Crippen molar-refractivity contribution in [2.24, 2.45) is 5.41 Å². The smallest absolute Gasteiger partial charge is 0.302 e. The second-order valence-corrected chi connectivity index (χ2v) is 12.2. The van der Waals surface area contributed by atoms with Crippen LogP contribution in [0.2, 0.25) is 0 Å². The van der Waals surface area contributed by atoms with Gasteiger partial charge in [0.25, 0.3) is 5.91 Å². The number of fused-ring (bicyclic) bond motifs is 1. The molecule has 4 heterocycles. The van der Waals surface area contributed by atoms with Crippen molar-refractivity contribution < 1.29 is 23.9 Å². The summed E-state index contributed by atoms with van der Waals surface area (Å²) in [7, 11) is 0. The van der Waals surface area contributed by atoms with E-state index in [9.17, 15) is 19.2 Å². The highest BCUT2D eigenvalue weighted by molar-refractivity contribution is 7.18. The zero-order chi connectivity index (χ0) is 26.3. The molecule has 2 N–H and O–H groups in total. The maximum atomic E-state index is 13.5. The molecule has 1 aromatic rings. The number of likely N-dealkylation sites (tertiary alicyclic amines) is 3. The van der Waals surface area contributed by atoms with Gasteiger partial charge < -0.3 is 20.3 Å². The minimum atomic E-state index is -0.364. The van der Waals surface area contributed by atoms with E-state index in [1.807, 2.05) is 9.80 Å². The highest BCUT2D eigenvalue weighted by Gasteiger charge is 2.52. The highest BCUT2D eigenvalue weighted by Crippen LogP contribution is 2.44. The number of hydrogen-bond donors (Lipinski definition) is 1. The average molecular weight is 531 g/mol. The van der Waals surface area contributed by atoms with Gasteiger partial charge in [0.1, 0.15) is 6.61 Å². The Hall–Kier alpha value is -2.46. The highest BCUT2D eigenvalue weighted by atomic mass is 32.1. The van der Waals surface area contributed by atoms with E-state index in [1.165, 1.54) is 18.3 Å². The minimum Gasteiger partial charge on any atom is -0.464 e. The van der Waals surface area contributed by atoms with E-state index in [0.717, 1.165) is 63.6 Å². The van der Waals surface area contributed by atoms with Crippen LogP contribution in [0.15, 0.2) is 0 Å². The summed E-state index contributed by atoms with van der Waals surface area (Å²) in [4.78, 5) is 57.3. The van der Waals surface area contributed by atoms with Crippen LogP contribution >= 0.6 is 11.3 Å². The fraction of sp³-hybridized carbons (Fsp3) is 0.704. The van der Waals surface area contributed by atoms with Gasteiger partial charge in [-0.25, -0.2) is 0 Å². The lowest BCUT2D eigenvalue weighted by Gasteiger charge is -2.45. The molecule has 202 valence electrons. The van der Waals surface area contributed by atoms with E-state index in [0.29, 0.717) is 47.5 Å². The first-order valence-electron chi connectivity index (χ1n) is 13.6. The first-order chi connectivity index (χ1) is 17.7. The minimum absolute atomic E-state index is 0.0403. The molecular formula is C27H38N4O5S. The number of nitrogens with zero attached hydrogens (tertiary/aromatic N) is 3. The summed E-state index contributed by atoms with van der Waals surface area (Å²) in [6.45, 7) is 7.21. The van der Waals surface area contributed by atoms with Crippen LogP contribution in [0.1, 0.15) is 84.4 Å². The van der Waals surface area contributed by atoms with E-state index < -0.39 is 0 Å². The van der Waals surface area contributed by atoms with Crippen LogP contribution in [0, 0.1) is 5.41 Å². The summed E-state index contributed by atoms with van der Waals surface area (Å²) in [5, 5.41) is 0.470. The van der Waals surface area contributed by atoms with Crippen molar-refractivity contribution >= 4 is 39.9 Å². The number of esters is 1. The van der Waals surface area contributed by atoms with Gasteiger partial charge >= 0.3 is 5.97 Å². The monoisotopic (exact) mass is 530 g/mol. The molecule has 2 amide bonds. The average Bonchev–Trinajstić information content (AvgIpc) is 3.33. The number of rotatable bonds is 5. The maximum absolute atomic E-state index is 13.5. The Morgan fingerprint density at radius 2 is 1.89 bits per heavy atom. The van der Waals surface area contributed by atoms with Crippen LogP contribution in [-0.2, 0) is 20.7 Å². The Kier molecular flexibility index (Phi) is 7.33. The van der Waals surface area contributed by atoms with Crippen molar-refractivity contribution in [1.29, 1.82) is 0 Å².